The lowest BCUT2D eigenvalue weighted by atomic mass is 9.98. The maximum atomic E-state index is 12.7. The zero-order valence-corrected chi connectivity index (χ0v) is 15.0. The van der Waals surface area contributed by atoms with E-state index >= 15 is 0 Å². The summed E-state index contributed by atoms with van der Waals surface area (Å²) in [4.78, 5) is 12.5. The first kappa shape index (κ1) is 18.2. The molecular weight excluding hydrogens is 336 g/mol. The normalized spacial score (nSPS) is 20.9. The highest BCUT2D eigenvalue weighted by Crippen LogP contribution is 2.25. The lowest BCUT2D eigenvalue weighted by molar-refractivity contribution is -0.126. The summed E-state index contributed by atoms with van der Waals surface area (Å²) in [7, 11) is -3.58. The molecular formula is C16H23ClN2O3S. The van der Waals surface area contributed by atoms with Gasteiger partial charge in [-0.05, 0) is 50.5 Å². The predicted octanol–water partition coefficient (Wildman–Crippen LogP) is 2.66. The molecule has 0 aromatic heterocycles. The number of rotatable bonds is 5. The van der Waals surface area contributed by atoms with E-state index in [2.05, 4.69) is 5.32 Å². The van der Waals surface area contributed by atoms with Crippen molar-refractivity contribution < 1.29 is 13.2 Å². The van der Waals surface area contributed by atoms with Crippen LogP contribution in [0.5, 0.6) is 0 Å². The molecule has 0 saturated carbocycles. The van der Waals surface area contributed by atoms with Gasteiger partial charge < -0.3 is 5.32 Å². The standard InChI is InChI=1S/C16H23ClN2O3S/c1-3-12(2)18-16(20)13-5-4-10-19(11-13)23(21,22)15-8-6-14(17)7-9-15/h6-9,12-13H,3-5,10-11H2,1-2H3,(H,18,20)/t12-,13+/m1/s1. The molecule has 2 atom stereocenters. The van der Waals surface area contributed by atoms with Crippen LogP contribution in [0.2, 0.25) is 5.02 Å². The molecule has 23 heavy (non-hydrogen) atoms. The molecule has 0 unspecified atom stereocenters. The number of benzene rings is 1. The van der Waals surface area contributed by atoms with Crippen molar-refractivity contribution in [1.82, 2.24) is 9.62 Å². The molecule has 1 aromatic rings. The Hall–Kier alpha value is -1.11. The second-order valence-corrected chi connectivity index (χ2v) is 8.35. The topological polar surface area (TPSA) is 66.5 Å². The number of nitrogens with one attached hydrogen (secondary N) is 1. The average molecular weight is 359 g/mol. The van der Waals surface area contributed by atoms with Gasteiger partial charge in [-0.15, -0.1) is 0 Å². The lowest BCUT2D eigenvalue weighted by Crippen LogP contribution is -2.46. The summed E-state index contributed by atoms with van der Waals surface area (Å²) in [5.74, 6) is -0.352. The summed E-state index contributed by atoms with van der Waals surface area (Å²) in [5, 5.41) is 3.43. The Bertz CT molecular complexity index is 646. The van der Waals surface area contributed by atoms with Crippen LogP contribution < -0.4 is 5.32 Å². The highest BCUT2D eigenvalue weighted by molar-refractivity contribution is 7.89. The van der Waals surface area contributed by atoms with E-state index in [1.807, 2.05) is 13.8 Å². The molecule has 0 bridgehead atoms. The van der Waals surface area contributed by atoms with Gasteiger partial charge in [0.05, 0.1) is 10.8 Å². The number of amides is 1. The van der Waals surface area contributed by atoms with Crippen LogP contribution >= 0.6 is 11.6 Å². The van der Waals surface area contributed by atoms with Crippen molar-refractivity contribution in [2.75, 3.05) is 13.1 Å². The summed E-state index contributed by atoms with van der Waals surface area (Å²) in [6, 6.07) is 6.23. The fraction of sp³-hybridized carbons (Fsp3) is 0.562. The van der Waals surface area contributed by atoms with Crippen LogP contribution in [0.4, 0.5) is 0 Å². The maximum Gasteiger partial charge on any atom is 0.243 e. The van der Waals surface area contributed by atoms with Gasteiger partial charge in [0.25, 0.3) is 0 Å². The fourth-order valence-corrected chi connectivity index (χ4v) is 4.24. The van der Waals surface area contributed by atoms with Crippen LogP contribution in [0.1, 0.15) is 33.1 Å². The number of sulfonamides is 1. The van der Waals surface area contributed by atoms with E-state index in [9.17, 15) is 13.2 Å². The molecule has 1 aliphatic rings. The van der Waals surface area contributed by atoms with Crippen molar-refractivity contribution in [3.8, 4) is 0 Å². The monoisotopic (exact) mass is 358 g/mol. The highest BCUT2D eigenvalue weighted by Gasteiger charge is 2.33. The van der Waals surface area contributed by atoms with Crippen molar-refractivity contribution in [2.24, 2.45) is 5.92 Å². The van der Waals surface area contributed by atoms with Gasteiger partial charge in [0, 0.05) is 24.2 Å². The van der Waals surface area contributed by atoms with Crippen molar-refractivity contribution in [2.45, 2.75) is 44.0 Å². The average Bonchev–Trinajstić information content (AvgIpc) is 2.55. The van der Waals surface area contributed by atoms with Crippen LogP contribution in [0.3, 0.4) is 0 Å². The largest absolute Gasteiger partial charge is 0.353 e. The van der Waals surface area contributed by atoms with Crippen LogP contribution in [0, 0.1) is 5.92 Å². The van der Waals surface area contributed by atoms with Gasteiger partial charge in [-0.2, -0.15) is 4.31 Å². The third-order valence-corrected chi connectivity index (χ3v) is 6.34. The molecule has 1 aliphatic heterocycles. The first-order chi connectivity index (χ1) is 10.8. The molecule has 1 amide bonds. The molecule has 5 nitrogen and oxygen atoms in total. The number of carbonyl (C=O) groups excluding carboxylic acids is 1. The molecule has 1 saturated heterocycles. The third kappa shape index (κ3) is 4.46. The van der Waals surface area contributed by atoms with Crippen molar-refractivity contribution in [3.05, 3.63) is 29.3 Å². The molecule has 1 heterocycles. The molecule has 1 aromatic carbocycles. The Morgan fingerprint density at radius 2 is 2.04 bits per heavy atom. The molecule has 0 spiro atoms. The van der Waals surface area contributed by atoms with Crippen LogP contribution in [-0.4, -0.2) is 37.8 Å². The summed E-state index contributed by atoms with van der Waals surface area (Å²) < 4.78 is 26.8. The first-order valence-corrected chi connectivity index (χ1v) is 9.72. The third-order valence-electron chi connectivity index (χ3n) is 4.21. The summed E-state index contributed by atoms with van der Waals surface area (Å²) in [5.41, 5.74) is 0. The van der Waals surface area contributed by atoms with E-state index < -0.39 is 10.0 Å². The van der Waals surface area contributed by atoms with E-state index in [0.29, 0.717) is 18.0 Å². The van der Waals surface area contributed by atoms with E-state index in [-0.39, 0.29) is 29.3 Å². The summed E-state index contributed by atoms with van der Waals surface area (Å²) >= 11 is 5.81. The number of halogens is 1. The zero-order valence-electron chi connectivity index (χ0n) is 13.5. The van der Waals surface area contributed by atoms with Gasteiger partial charge in [0.2, 0.25) is 15.9 Å². The van der Waals surface area contributed by atoms with E-state index in [4.69, 9.17) is 11.6 Å². The second kappa shape index (κ2) is 7.64. The maximum absolute atomic E-state index is 12.7. The van der Waals surface area contributed by atoms with Crippen molar-refractivity contribution >= 4 is 27.5 Å². The van der Waals surface area contributed by atoms with Crippen LogP contribution in [0.25, 0.3) is 0 Å². The first-order valence-electron chi connectivity index (χ1n) is 7.90. The van der Waals surface area contributed by atoms with Crippen molar-refractivity contribution in [3.63, 3.8) is 0 Å². The molecule has 0 radical (unpaired) electrons. The summed E-state index contributed by atoms with van der Waals surface area (Å²) in [6.07, 6.45) is 2.26. The van der Waals surface area contributed by atoms with Gasteiger partial charge in [-0.1, -0.05) is 18.5 Å². The Morgan fingerprint density at radius 3 is 2.65 bits per heavy atom. The quantitative estimate of drug-likeness (QED) is 0.879. The molecule has 1 fully saturated rings. The van der Waals surface area contributed by atoms with E-state index in [0.717, 1.165) is 12.8 Å². The SMILES string of the molecule is CC[C@@H](C)NC(=O)[C@H]1CCCN(S(=O)(=O)c2ccc(Cl)cc2)C1. The molecule has 0 aliphatic carbocycles. The Labute approximate surface area is 143 Å². The van der Waals surface area contributed by atoms with Gasteiger partial charge in [-0.25, -0.2) is 8.42 Å². The minimum absolute atomic E-state index is 0.0599. The number of hydrogen-bond donors (Lipinski definition) is 1. The molecule has 7 heteroatoms. The van der Waals surface area contributed by atoms with Crippen LogP contribution in [0.15, 0.2) is 29.2 Å². The summed E-state index contributed by atoms with van der Waals surface area (Å²) in [6.45, 7) is 4.62. The highest BCUT2D eigenvalue weighted by atomic mass is 35.5. The predicted molar refractivity (Wildman–Crippen MR) is 90.8 cm³/mol. The smallest absolute Gasteiger partial charge is 0.243 e. The minimum atomic E-state index is -3.58. The minimum Gasteiger partial charge on any atom is -0.353 e. The zero-order chi connectivity index (χ0) is 17.0. The number of piperidine rings is 1. The molecule has 128 valence electrons. The van der Waals surface area contributed by atoms with Crippen molar-refractivity contribution in [1.29, 1.82) is 0 Å². The van der Waals surface area contributed by atoms with Gasteiger partial charge in [0.15, 0.2) is 0 Å². The van der Waals surface area contributed by atoms with Gasteiger partial charge in [0.1, 0.15) is 0 Å². The number of hydrogen-bond acceptors (Lipinski definition) is 3. The molecule has 2 rings (SSSR count). The second-order valence-electron chi connectivity index (χ2n) is 5.97. The molecule has 1 N–H and O–H groups in total. The number of nitrogens with zero attached hydrogens (tertiary/aromatic N) is 1. The van der Waals surface area contributed by atoms with E-state index in [1.54, 1.807) is 12.1 Å². The Balaban J connectivity index is 2.11. The Morgan fingerprint density at radius 1 is 1.39 bits per heavy atom. The fourth-order valence-electron chi connectivity index (χ4n) is 2.59. The van der Waals surface area contributed by atoms with Gasteiger partial charge in [-0.3, -0.25) is 4.79 Å². The van der Waals surface area contributed by atoms with Crippen LogP contribution in [-0.2, 0) is 14.8 Å². The number of carbonyl (C=O) groups is 1. The Kier molecular flexibility index (Phi) is 6.06. The van der Waals surface area contributed by atoms with E-state index in [1.165, 1.54) is 16.4 Å². The lowest BCUT2D eigenvalue weighted by Gasteiger charge is -2.31. The van der Waals surface area contributed by atoms with Gasteiger partial charge >= 0.3 is 0 Å².